The van der Waals surface area contributed by atoms with Crippen molar-refractivity contribution in [2.24, 2.45) is 17.6 Å². The number of amides is 1. The normalized spacial score (nSPS) is 20.6. The molecule has 4 nitrogen and oxygen atoms in total. The second-order valence-corrected chi connectivity index (χ2v) is 6.68. The van der Waals surface area contributed by atoms with Gasteiger partial charge in [-0.1, -0.05) is 37.7 Å². The van der Waals surface area contributed by atoms with Crippen LogP contribution in [0.25, 0.3) is 0 Å². The number of carbonyl (C=O) groups excluding carboxylic acids is 1. The SMILES string of the molecule is C=C(C)CC(CC(O)[C@@H](N)CC1CCCCC1)C(=O)NC. The summed E-state index contributed by atoms with van der Waals surface area (Å²) in [5, 5.41) is 13.0. The highest BCUT2D eigenvalue weighted by atomic mass is 16.3. The Morgan fingerprint density at radius 1 is 1.38 bits per heavy atom. The molecule has 21 heavy (non-hydrogen) atoms. The molecule has 1 aliphatic carbocycles. The molecule has 1 amide bonds. The van der Waals surface area contributed by atoms with Gasteiger partial charge in [0.2, 0.25) is 5.91 Å². The molecular formula is C17H32N2O2. The summed E-state index contributed by atoms with van der Waals surface area (Å²) in [7, 11) is 1.63. The lowest BCUT2D eigenvalue weighted by Crippen LogP contribution is -2.40. The van der Waals surface area contributed by atoms with Crippen LogP contribution in [0.5, 0.6) is 0 Å². The van der Waals surface area contributed by atoms with Gasteiger partial charge in [0, 0.05) is 19.0 Å². The summed E-state index contributed by atoms with van der Waals surface area (Å²) in [6, 6.07) is -0.231. The van der Waals surface area contributed by atoms with Crippen molar-refractivity contribution in [3.05, 3.63) is 12.2 Å². The minimum absolute atomic E-state index is 0.0399. The lowest BCUT2D eigenvalue weighted by Gasteiger charge is -2.28. The van der Waals surface area contributed by atoms with Crippen molar-refractivity contribution in [3.63, 3.8) is 0 Å². The van der Waals surface area contributed by atoms with Crippen molar-refractivity contribution < 1.29 is 9.90 Å². The molecule has 1 saturated carbocycles. The molecule has 122 valence electrons. The van der Waals surface area contributed by atoms with E-state index in [4.69, 9.17) is 5.73 Å². The summed E-state index contributed by atoms with van der Waals surface area (Å²) in [5.74, 6) is 0.366. The van der Waals surface area contributed by atoms with Gasteiger partial charge >= 0.3 is 0 Å². The van der Waals surface area contributed by atoms with Crippen molar-refractivity contribution in [1.29, 1.82) is 0 Å². The second kappa shape index (κ2) is 9.21. The van der Waals surface area contributed by atoms with Gasteiger partial charge in [0.05, 0.1) is 6.10 Å². The van der Waals surface area contributed by atoms with Crippen molar-refractivity contribution >= 4 is 5.91 Å². The van der Waals surface area contributed by atoms with E-state index in [-0.39, 0.29) is 17.9 Å². The number of rotatable bonds is 8. The Morgan fingerprint density at radius 2 is 2.00 bits per heavy atom. The summed E-state index contributed by atoms with van der Waals surface area (Å²) >= 11 is 0. The van der Waals surface area contributed by atoms with Crippen LogP contribution >= 0.6 is 0 Å². The van der Waals surface area contributed by atoms with E-state index >= 15 is 0 Å². The summed E-state index contributed by atoms with van der Waals surface area (Å²) < 4.78 is 0. The Morgan fingerprint density at radius 3 is 2.52 bits per heavy atom. The summed E-state index contributed by atoms with van der Waals surface area (Å²) in [5.41, 5.74) is 7.12. The minimum atomic E-state index is -0.617. The lowest BCUT2D eigenvalue weighted by atomic mass is 9.82. The van der Waals surface area contributed by atoms with E-state index in [0.29, 0.717) is 18.8 Å². The van der Waals surface area contributed by atoms with Crippen molar-refractivity contribution in [1.82, 2.24) is 5.32 Å². The van der Waals surface area contributed by atoms with E-state index in [1.54, 1.807) is 7.05 Å². The number of hydrogen-bond donors (Lipinski definition) is 3. The van der Waals surface area contributed by atoms with Gasteiger partial charge in [-0.25, -0.2) is 0 Å². The van der Waals surface area contributed by atoms with Gasteiger partial charge < -0.3 is 16.2 Å². The number of allylic oxidation sites excluding steroid dienone is 1. The highest BCUT2D eigenvalue weighted by Gasteiger charge is 2.27. The van der Waals surface area contributed by atoms with Crippen LogP contribution in [-0.4, -0.2) is 30.2 Å². The van der Waals surface area contributed by atoms with E-state index in [9.17, 15) is 9.90 Å². The maximum atomic E-state index is 11.9. The molecule has 2 unspecified atom stereocenters. The van der Waals surface area contributed by atoms with Crippen LogP contribution in [-0.2, 0) is 4.79 Å². The fourth-order valence-electron chi connectivity index (χ4n) is 3.34. The number of nitrogens with one attached hydrogen (secondary N) is 1. The Kier molecular flexibility index (Phi) is 7.97. The maximum Gasteiger partial charge on any atom is 0.223 e. The molecule has 0 saturated heterocycles. The standard InChI is InChI=1S/C17H32N2O2/c1-12(2)9-14(17(21)19-3)11-16(20)15(18)10-13-7-5-4-6-8-13/h13-16,20H,1,4-11,18H2,2-3H3,(H,19,21)/t14?,15-,16?/m0/s1. The average Bonchev–Trinajstić information content (AvgIpc) is 2.46. The van der Waals surface area contributed by atoms with Crippen LogP contribution in [0.15, 0.2) is 12.2 Å². The molecule has 0 bridgehead atoms. The minimum Gasteiger partial charge on any atom is -0.391 e. The molecule has 0 aromatic carbocycles. The largest absolute Gasteiger partial charge is 0.391 e. The monoisotopic (exact) mass is 296 g/mol. The Labute approximate surface area is 129 Å². The smallest absolute Gasteiger partial charge is 0.223 e. The van der Waals surface area contributed by atoms with Crippen molar-refractivity contribution in [2.45, 2.75) is 70.4 Å². The maximum absolute atomic E-state index is 11.9. The van der Waals surface area contributed by atoms with Gasteiger partial charge in [0.25, 0.3) is 0 Å². The van der Waals surface area contributed by atoms with Crippen LogP contribution in [0.2, 0.25) is 0 Å². The van der Waals surface area contributed by atoms with Crippen LogP contribution < -0.4 is 11.1 Å². The van der Waals surface area contributed by atoms with Crippen LogP contribution in [0.4, 0.5) is 0 Å². The summed E-state index contributed by atoms with van der Waals surface area (Å²) in [6.07, 6.45) is 7.62. The van der Waals surface area contributed by atoms with E-state index in [1.165, 1.54) is 32.1 Å². The quantitative estimate of drug-likeness (QED) is 0.602. The zero-order valence-electron chi connectivity index (χ0n) is 13.6. The molecule has 4 N–H and O–H groups in total. The van der Waals surface area contributed by atoms with Crippen molar-refractivity contribution in [3.8, 4) is 0 Å². The summed E-state index contributed by atoms with van der Waals surface area (Å²) in [6.45, 7) is 5.77. The predicted molar refractivity (Wildman–Crippen MR) is 86.8 cm³/mol. The molecule has 1 rings (SSSR count). The first-order valence-electron chi connectivity index (χ1n) is 8.23. The lowest BCUT2D eigenvalue weighted by molar-refractivity contribution is -0.125. The molecule has 1 fully saturated rings. The topological polar surface area (TPSA) is 75.3 Å². The average molecular weight is 296 g/mol. The highest BCUT2D eigenvalue weighted by molar-refractivity contribution is 5.78. The number of aliphatic hydroxyl groups is 1. The van der Waals surface area contributed by atoms with E-state index < -0.39 is 6.10 Å². The predicted octanol–water partition coefficient (Wildman–Crippen LogP) is 2.36. The molecule has 1 aliphatic rings. The molecule has 4 heteroatoms. The Hall–Kier alpha value is -0.870. The number of nitrogens with two attached hydrogens (primary N) is 1. The number of hydrogen-bond acceptors (Lipinski definition) is 3. The van der Waals surface area contributed by atoms with Gasteiger partial charge in [-0.2, -0.15) is 0 Å². The molecule has 0 aromatic heterocycles. The van der Waals surface area contributed by atoms with E-state index in [0.717, 1.165) is 12.0 Å². The molecule has 0 aromatic rings. The second-order valence-electron chi connectivity index (χ2n) is 6.68. The molecule has 0 spiro atoms. The third-order valence-electron chi connectivity index (χ3n) is 4.56. The Balaban J connectivity index is 2.48. The molecule has 0 aliphatic heterocycles. The fraction of sp³-hybridized carbons (Fsp3) is 0.824. The first kappa shape index (κ1) is 18.2. The first-order chi connectivity index (χ1) is 9.93. The molecule has 0 heterocycles. The third-order valence-corrected chi connectivity index (χ3v) is 4.56. The Bertz CT molecular complexity index is 338. The zero-order valence-corrected chi connectivity index (χ0v) is 13.6. The summed E-state index contributed by atoms with van der Waals surface area (Å²) in [4.78, 5) is 11.9. The van der Waals surface area contributed by atoms with Crippen molar-refractivity contribution in [2.75, 3.05) is 7.05 Å². The number of carbonyl (C=O) groups is 1. The zero-order chi connectivity index (χ0) is 15.8. The molecular weight excluding hydrogens is 264 g/mol. The van der Waals surface area contributed by atoms with Gasteiger partial charge in [0.1, 0.15) is 0 Å². The van der Waals surface area contributed by atoms with Gasteiger partial charge in [-0.15, -0.1) is 6.58 Å². The van der Waals surface area contributed by atoms with E-state index in [2.05, 4.69) is 11.9 Å². The molecule has 3 atom stereocenters. The fourth-order valence-corrected chi connectivity index (χ4v) is 3.34. The number of aliphatic hydroxyl groups excluding tert-OH is 1. The third kappa shape index (κ3) is 6.62. The van der Waals surface area contributed by atoms with Crippen LogP contribution in [0, 0.1) is 11.8 Å². The van der Waals surface area contributed by atoms with E-state index in [1.807, 2.05) is 6.92 Å². The van der Waals surface area contributed by atoms with Crippen LogP contribution in [0.1, 0.15) is 58.3 Å². The van der Waals surface area contributed by atoms with Gasteiger partial charge in [0.15, 0.2) is 0 Å². The van der Waals surface area contributed by atoms with Crippen LogP contribution in [0.3, 0.4) is 0 Å². The van der Waals surface area contributed by atoms with Gasteiger partial charge in [-0.05, 0) is 32.1 Å². The molecule has 0 radical (unpaired) electrons. The van der Waals surface area contributed by atoms with Gasteiger partial charge in [-0.3, -0.25) is 4.79 Å². The highest BCUT2D eigenvalue weighted by Crippen LogP contribution is 2.28. The first-order valence-corrected chi connectivity index (χ1v) is 8.23.